The van der Waals surface area contributed by atoms with Crippen molar-refractivity contribution in [2.45, 2.75) is 17.6 Å². The van der Waals surface area contributed by atoms with E-state index in [0.717, 1.165) is 0 Å². The third-order valence-corrected chi connectivity index (χ3v) is 5.02. The number of carbonyl (C=O) groups excluding carboxylic acids is 1. The summed E-state index contributed by atoms with van der Waals surface area (Å²) in [5.74, 6) is -0.770. The van der Waals surface area contributed by atoms with Crippen molar-refractivity contribution in [3.8, 4) is 0 Å². The first-order chi connectivity index (χ1) is 9.95. The van der Waals surface area contributed by atoms with Crippen molar-refractivity contribution >= 4 is 15.8 Å². The molecule has 4 nitrogen and oxygen atoms in total. The molecule has 0 saturated heterocycles. The van der Waals surface area contributed by atoms with Crippen LogP contribution in [0.4, 0.5) is 0 Å². The molecule has 2 aromatic rings. The molecular formula is C16H16O4S. The third kappa shape index (κ3) is 3.31. The Balaban J connectivity index is 2.43. The van der Waals surface area contributed by atoms with E-state index in [1.807, 2.05) is 0 Å². The van der Waals surface area contributed by atoms with Gasteiger partial charge in [-0.2, -0.15) is 0 Å². The molecular weight excluding hydrogens is 288 g/mol. The fourth-order valence-corrected chi connectivity index (χ4v) is 3.80. The molecule has 0 radical (unpaired) electrons. The predicted molar refractivity (Wildman–Crippen MR) is 79.9 cm³/mol. The number of aryl methyl sites for hydroxylation is 1. The van der Waals surface area contributed by atoms with Gasteiger partial charge in [-0.1, -0.05) is 36.4 Å². The van der Waals surface area contributed by atoms with Gasteiger partial charge in [0.1, 0.15) is 0 Å². The van der Waals surface area contributed by atoms with E-state index in [-0.39, 0.29) is 16.2 Å². The van der Waals surface area contributed by atoms with Crippen LogP contribution in [0.3, 0.4) is 0 Å². The first-order valence-corrected chi connectivity index (χ1v) is 8.05. The summed E-state index contributed by atoms with van der Waals surface area (Å²) in [5.41, 5.74) is 1.40. The summed E-state index contributed by atoms with van der Waals surface area (Å²) >= 11 is 0. The molecule has 21 heavy (non-hydrogen) atoms. The molecule has 0 amide bonds. The number of ether oxygens (including phenoxy) is 1. The van der Waals surface area contributed by atoms with Gasteiger partial charge in [-0.05, 0) is 30.2 Å². The van der Waals surface area contributed by atoms with Crippen molar-refractivity contribution < 1.29 is 17.9 Å². The highest BCUT2D eigenvalue weighted by Crippen LogP contribution is 2.22. The van der Waals surface area contributed by atoms with Crippen LogP contribution in [-0.4, -0.2) is 21.5 Å². The van der Waals surface area contributed by atoms with Gasteiger partial charge < -0.3 is 4.74 Å². The Bertz CT molecular complexity index is 763. The second-order valence-electron chi connectivity index (χ2n) is 4.67. The lowest BCUT2D eigenvalue weighted by Crippen LogP contribution is -2.11. The van der Waals surface area contributed by atoms with Gasteiger partial charge in [0.25, 0.3) is 0 Å². The number of rotatable bonds is 4. The standard InChI is InChI=1S/C16H16O4S/c1-12-7-3-6-10-15(12)21(18,19)11-13-8-4-5-9-14(13)16(17)20-2/h3-10H,11H2,1-2H3. The van der Waals surface area contributed by atoms with Gasteiger partial charge >= 0.3 is 5.97 Å². The lowest BCUT2D eigenvalue weighted by molar-refractivity contribution is 0.0600. The third-order valence-electron chi connectivity index (χ3n) is 3.20. The summed E-state index contributed by atoms with van der Waals surface area (Å²) in [4.78, 5) is 12.0. The molecule has 0 unspecified atom stereocenters. The molecule has 0 aliphatic carbocycles. The van der Waals surface area contributed by atoms with E-state index < -0.39 is 15.8 Å². The molecule has 2 rings (SSSR count). The summed E-state index contributed by atoms with van der Waals surface area (Å²) in [6, 6.07) is 13.4. The Morgan fingerprint density at radius 3 is 2.33 bits per heavy atom. The van der Waals surface area contributed by atoms with Gasteiger partial charge in [0.15, 0.2) is 9.84 Å². The van der Waals surface area contributed by atoms with E-state index in [4.69, 9.17) is 0 Å². The normalized spacial score (nSPS) is 11.1. The van der Waals surface area contributed by atoms with Gasteiger partial charge in [-0.15, -0.1) is 0 Å². The van der Waals surface area contributed by atoms with Gasteiger partial charge in [-0.3, -0.25) is 0 Å². The average molecular weight is 304 g/mol. The zero-order valence-electron chi connectivity index (χ0n) is 11.9. The van der Waals surface area contributed by atoms with E-state index in [0.29, 0.717) is 11.1 Å². The number of hydrogen-bond donors (Lipinski definition) is 0. The van der Waals surface area contributed by atoms with E-state index in [2.05, 4.69) is 4.74 Å². The molecule has 0 saturated carbocycles. The number of methoxy groups -OCH3 is 1. The second kappa shape index (κ2) is 6.10. The fourth-order valence-electron chi connectivity index (χ4n) is 2.14. The lowest BCUT2D eigenvalue weighted by Gasteiger charge is -2.10. The van der Waals surface area contributed by atoms with Crippen molar-refractivity contribution in [2.24, 2.45) is 0 Å². The van der Waals surface area contributed by atoms with E-state index in [9.17, 15) is 13.2 Å². The van der Waals surface area contributed by atoms with Crippen LogP contribution in [0, 0.1) is 6.92 Å². The Morgan fingerprint density at radius 2 is 1.67 bits per heavy atom. The van der Waals surface area contributed by atoms with E-state index in [1.165, 1.54) is 7.11 Å². The lowest BCUT2D eigenvalue weighted by atomic mass is 10.1. The summed E-state index contributed by atoms with van der Waals surface area (Å²) in [7, 11) is -2.24. The summed E-state index contributed by atoms with van der Waals surface area (Å²) < 4.78 is 29.8. The maximum atomic E-state index is 12.5. The number of sulfone groups is 1. The largest absolute Gasteiger partial charge is 0.465 e. The smallest absolute Gasteiger partial charge is 0.338 e. The second-order valence-corrected chi connectivity index (χ2v) is 6.63. The van der Waals surface area contributed by atoms with Gasteiger partial charge in [0.2, 0.25) is 0 Å². The van der Waals surface area contributed by atoms with Crippen LogP contribution in [0.25, 0.3) is 0 Å². The highest BCUT2D eigenvalue weighted by Gasteiger charge is 2.21. The maximum absolute atomic E-state index is 12.5. The molecule has 2 aromatic carbocycles. The molecule has 0 fully saturated rings. The Labute approximate surface area is 124 Å². The Kier molecular flexibility index (Phi) is 4.43. The number of esters is 1. The molecule has 0 bridgehead atoms. The highest BCUT2D eigenvalue weighted by atomic mass is 32.2. The van der Waals surface area contributed by atoms with Crippen molar-refractivity contribution in [3.63, 3.8) is 0 Å². The molecule has 0 heterocycles. The summed E-state index contributed by atoms with van der Waals surface area (Å²) in [5, 5.41) is 0. The zero-order chi connectivity index (χ0) is 15.5. The molecule has 5 heteroatoms. The van der Waals surface area contributed by atoms with Crippen molar-refractivity contribution in [3.05, 3.63) is 65.2 Å². The first-order valence-electron chi connectivity index (χ1n) is 6.40. The van der Waals surface area contributed by atoms with E-state index >= 15 is 0 Å². The fraction of sp³-hybridized carbons (Fsp3) is 0.188. The molecule has 0 aromatic heterocycles. The number of carbonyl (C=O) groups is 1. The molecule has 110 valence electrons. The van der Waals surface area contributed by atoms with Crippen molar-refractivity contribution in [1.29, 1.82) is 0 Å². The molecule has 0 spiro atoms. The molecule has 0 aliphatic rings. The molecule has 0 atom stereocenters. The quantitative estimate of drug-likeness (QED) is 0.815. The maximum Gasteiger partial charge on any atom is 0.338 e. The minimum absolute atomic E-state index is 0.233. The first kappa shape index (κ1) is 15.3. The van der Waals surface area contributed by atoms with E-state index in [1.54, 1.807) is 55.5 Å². The molecule has 0 aliphatic heterocycles. The van der Waals surface area contributed by atoms with Crippen LogP contribution in [-0.2, 0) is 20.3 Å². The minimum atomic E-state index is -3.52. The van der Waals surface area contributed by atoms with Gasteiger partial charge in [-0.25, -0.2) is 13.2 Å². The van der Waals surface area contributed by atoms with Gasteiger partial charge in [0.05, 0.1) is 23.3 Å². The van der Waals surface area contributed by atoms with Crippen LogP contribution >= 0.6 is 0 Å². The number of benzene rings is 2. The number of hydrogen-bond acceptors (Lipinski definition) is 4. The summed E-state index contributed by atoms with van der Waals surface area (Å²) in [6.45, 7) is 1.75. The minimum Gasteiger partial charge on any atom is -0.465 e. The van der Waals surface area contributed by atoms with Crippen LogP contribution < -0.4 is 0 Å². The SMILES string of the molecule is COC(=O)c1ccccc1CS(=O)(=O)c1ccccc1C. The van der Waals surface area contributed by atoms with Crippen LogP contribution in [0.1, 0.15) is 21.5 Å². The summed E-state index contributed by atoms with van der Waals surface area (Å²) in [6.07, 6.45) is 0. The Hall–Kier alpha value is -2.14. The monoisotopic (exact) mass is 304 g/mol. The highest BCUT2D eigenvalue weighted by molar-refractivity contribution is 7.90. The van der Waals surface area contributed by atoms with Crippen LogP contribution in [0.5, 0.6) is 0 Å². The van der Waals surface area contributed by atoms with Crippen molar-refractivity contribution in [2.75, 3.05) is 7.11 Å². The average Bonchev–Trinajstić information content (AvgIpc) is 2.47. The Morgan fingerprint density at radius 1 is 1.05 bits per heavy atom. The van der Waals surface area contributed by atoms with Crippen LogP contribution in [0.15, 0.2) is 53.4 Å². The van der Waals surface area contributed by atoms with Gasteiger partial charge in [0, 0.05) is 0 Å². The topological polar surface area (TPSA) is 60.4 Å². The van der Waals surface area contributed by atoms with Crippen molar-refractivity contribution in [1.82, 2.24) is 0 Å². The van der Waals surface area contributed by atoms with Crippen LogP contribution in [0.2, 0.25) is 0 Å². The zero-order valence-corrected chi connectivity index (χ0v) is 12.7. The molecule has 0 N–H and O–H groups in total. The predicted octanol–water partition coefficient (Wildman–Crippen LogP) is 2.76.